The van der Waals surface area contributed by atoms with Crippen molar-refractivity contribution in [2.75, 3.05) is 18.1 Å². The third kappa shape index (κ3) is 5.20. The van der Waals surface area contributed by atoms with Crippen LogP contribution >= 0.6 is 11.8 Å². The number of nitrogens with zero attached hydrogens (tertiary/aromatic N) is 1. The summed E-state index contributed by atoms with van der Waals surface area (Å²) in [5.41, 5.74) is 0. The van der Waals surface area contributed by atoms with E-state index in [1.807, 2.05) is 30.5 Å². The van der Waals surface area contributed by atoms with E-state index in [1.165, 1.54) is 0 Å². The van der Waals surface area contributed by atoms with Crippen LogP contribution in [-0.2, 0) is 9.59 Å². The Morgan fingerprint density at radius 2 is 1.90 bits per heavy atom. The van der Waals surface area contributed by atoms with Crippen molar-refractivity contribution < 1.29 is 9.59 Å². The Morgan fingerprint density at radius 3 is 2.43 bits per heavy atom. The lowest BCUT2D eigenvalue weighted by Gasteiger charge is -2.41. The maximum atomic E-state index is 12.7. The highest BCUT2D eigenvalue weighted by molar-refractivity contribution is 7.99. The van der Waals surface area contributed by atoms with Gasteiger partial charge in [0.25, 0.3) is 0 Å². The van der Waals surface area contributed by atoms with Crippen LogP contribution in [-0.4, -0.2) is 46.8 Å². The summed E-state index contributed by atoms with van der Waals surface area (Å²) in [6.07, 6.45) is 1.67. The zero-order chi connectivity index (χ0) is 16.0. The number of carbonyl (C=O) groups is 2. The molecule has 1 N–H and O–H groups in total. The van der Waals surface area contributed by atoms with Crippen molar-refractivity contribution in [1.82, 2.24) is 10.2 Å². The Balaban J connectivity index is 2.77. The van der Waals surface area contributed by atoms with Crippen molar-refractivity contribution in [3.05, 3.63) is 0 Å². The van der Waals surface area contributed by atoms with Crippen molar-refractivity contribution in [3.8, 4) is 0 Å². The third-order valence-electron chi connectivity index (χ3n) is 3.73. The summed E-state index contributed by atoms with van der Waals surface area (Å²) in [5, 5.41) is 2.93. The van der Waals surface area contributed by atoms with Crippen LogP contribution in [0.3, 0.4) is 0 Å². The third-order valence-corrected chi connectivity index (χ3v) is 4.72. The molecule has 0 radical (unpaired) electrons. The molecule has 0 saturated carbocycles. The van der Waals surface area contributed by atoms with E-state index < -0.39 is 0 Å². The quantitative estimate of drug-likeness (QED) is 0.700. The molecule has 1 fully saturated rings. The van der Waals surface area contributed by atoms with Gasteiger partial charge in [-0.2, -0.15) is 11.8 Å². The first-order chi connectivity index (χ1) is 9.88. The molecule has 2 atom stereocenters. The number of rotatable bonds is 8. The van der Waals surface area contributed by atoms with E-state index in [-0.39, 0.29) is 29.8 Å². The standard InChI is InChI=1S/C16H30N2O2S/c1-6-21-9-7-8-18-14(12(4)5)15(19)17-13(16(18)20)10-11(2)3/h11-14H,6-10H2,1-5H3,(H,17,19). The summed E-state index contributed by atoms with van der Waals surface area (Å²) >= 11 is 1.88. The summed E-state index contributed by atoms with van der Waals surface area (Å²) in [6, 6.07) is -0.654. The summed E-state index contributed by atoms with van der Waals surface area (Å²) in [7, 11) is 0. The topological polar surface area (TPSA) is 49.4 Å². The van der Waals surface area contributed by atoms with E-state index in [1.54, 1.807) is 0 Å². The van der Waals surface area contributed by atoms with Gasteiger partial charge in [0.05, 0.1) is 0 Å². The molecule has 4 nitrogen and oxygen atoms in total. The Hall–Kier alpha value is -0.710. The first kappa shape index (κ1) is 18.3. The number of thioether (sulfide) groups is 1. The van der Waals surface area contributed by atoms with Gasteiger partial charge in [-0.25, -0.2) is 0 Å². The van der Waals surface area contributed by atoms with E-state index in [0.29, 0.717) is 12.5 Å². The largest absolute Gasteiger partial charge is 0.342 e. The predicted octanol–water partition coefficient (Wildman–Crippen LogP) is 2.53. The summed E-state index contributed by atoms with van der Waals surface area (Å²) < 4.78 is 0. The minimum Gasteiger partial charge on any atom is -0.342 e. The Bertz CT molecular complexity index is 358. The zero-order valence-electron chi connectivity index (χ0n) is 14.0. The molecule has 0 aromatic heterocycles. The molecule has 5 heteroatoms. The molecule has 0 spiro atoms. The second kappa shape index (κ2) is 8.66. The van der Waals surface area contributed by atoms with Gasteiger partial charge in [-0.1, -0.05) is 34.6 Å². The van der Waals surface area contributed by atoms with Crippen molar-refractivity contribution in [2.45, 2.75) is 59.5 Å². The maximum absolute atomic E-state index is 12.7. The molecule has 0 aromatic carbocycles. The van der Waals surface area contributed by atoms with Gasteiger partial charge in [-0.05, 0) is 36.2 Å². The molecule has 1 heterocycles. The molecule has 2 unspecified atom stereocenters. The van der Waals surface area contributed by atoms with Gasteiger partial charge >= 0.3 is 0 Å². The highest BCUT2D eigenvalue weighted by atomic mass is 32.2. The van der Waals surface area contributed by atoms with Crippen LogP contribution in [0, 0.1) is 11.8 Å². The van der Waals surface area contributed by atoms with Gasteiger partial charge in [0, 0.05) is 6.54 Å². The molecular weight excluding hydrogens is 284 g/mol. The van der Waals surface area contributed by atoms with E-state index in [0.717, 1.165) is 24.3 Å². The van der Waals surface area contributed by atoms with Crippen LogP contribution in [0.15, 0.2) is 0 Å². The Morgan fingerprint density at radius 1 is 1.24 bits per heavy atom. The summed E-state index contributed by atoms with van der Waals surface area (Å²) in [4.78, 5) is 26.9. The molecule has 1 saturated heterocycles. The number of carbonyl (C=O) groups excluding carboxylic acids is 2. The van der Waals surface area contributed by atoms with Gasteiger partial charge in [0.1, 0.15) is 12.1 Å². The average molecular weight is 314 g/mol. The van der Waals surface area contributed by atoms with Crippen LogP contribution in [0.4, 0.5) is 0 Å². The number of hydrogen-bond donors (Lipinski definition) is 1. The van der Waals surface area contributed by atoms with Crippen molar-refractivity contribution in [2.24, 2.45) is 11.8 Å². The molecular formula is C16H30N2O2S. The average Bonchev–Trinajstić information content (AvgIpc) is 2.38. The SMILES string of the molecule is CCSCCCN1C(=O)C(CC(C)C)NC(=O)C1C(C)C. The van der Waals surface area contributed by atoms with Gasteiger partial charge in [0.2, 0.25) is 11.8 Å². The molecule has 1 aliphatic heterocycles. The molecule has 21 heavy (non-hydrogen) atoms. The van der Waals surface area contributed by atoms with E-state index in [4.69, 9.17) is 0 Å². The highest BCUT2D eigenvalue weighted by Crippen LogP contribution is 2.21. The van der Waals surface area contributed by atoms with Crippen LogP contribution in [0.1, 0.15) is 47.5 Å². The number of nitrogens with one attached hydrogen (secondary N) is 1. The van der Waals surface area contributed by atoms with E-state index in [2.05, 4.69) is 26.1 Å². The van der Waals surface area contributed by atoms with Gasteiger partial charge in [0.15, 0.2) is 0 Å². The lowest BCUT2D eigenvalue weighted by Crippen LogP contribution is -2.65. The number of hydrogen-bond acceptors (Lipinski definition) is 3. The minimum absolute atomic E-state index is 0.0124. The zero-order valence-corrected chi connectivity index (χ0v) is 14.8. The fraction of sp³-hybridized carbons (Fsp3) is 0.875. The monoisotopic (exact) mass is 314 g/mol. The lowest BCUT2D eigenvalue weighted by atomic mass is 9.93. The van der Waals surface area contributed by atoms with Gasteiger partial charge in [-0.15, -0.1) is 0 Å². The van der Waals surface area contributed by atoms with Crippen LogP contribution in [0.25, 0.3) is 0 Å². The molecule has 2 amide bonds. The maximum Gasteiger partial charge on any atom is 0.245 e. The molecule has 0 aromatic rings. The smallest absolute Gasteiger partial charge is 0.245 e. The van der Waals surface area contributed by atoms with E-state index >= 15 is 0 Å². The van der Waals surface area contributed by atoms with Gasteiger partial charge < -0.3 is 10.2 Å². The first-order valence-electron chi connectivity index (χ1n) is 8.07. The minimum atomic E-state index is -0.341. The van der Waals surface area contributed by atoms with Crippen molar-refractivity contribution in [1.29, 1.82) is 0 Å². The lowest BCUT2D eigenvalue weighted by molar-refractivity contribution is -0.151. The summed E-state index contributed by atoms with van der Waals surface area (Å²) in [6.45, 7) is 11.0. The van der Waals surface area contributed by atoms with Crippen molar-refractivity contribution in [3.63, 3.8) is 0 Å². The summed E-state index contributed by atoms with van der Waals surface area (Å²) in [5.74, 6) is 2.79. The molecule has 1 aliphatic rings. The number of piperazine rings is 1. The molecule has 1 rings (SSSR count). The predicted molar refractivity (Wildman–Crippen MR) is 89.3 cm³/mol. The van der Waals surface area contributed by atoms with Crippen LogP contribution < -0.4 is 5.32 Å². The molecule has 0 bridgehead atoms. The Kier molecular flexibility index (Phi) is 7.57. The molecule has 0 aliphatic carbocycles. The fourth-order valence-electron chi connectivity index (χ4n) is 2.82. The highest BCUT2D eigenvalue weighted by Gasteiger charge is 2.41. The van der Waals surface area contributed by atoms with Gasteiger partial charge in [-0.3, -0.25) is 9.59 Å². The fourth-order valence-corrected chi connectivity index (χ4v) is 3.44. The normalized spacial score (nSPS) is 23.1. The Labute approximate surface area is 133 Å². The van der Waals surface area contributed by atoms with E-state index in [9.17, 15) is 9.59 Å². The second-order valence-corrected chi connectivity index (χ2v) is 7.86. The van der Waals surface area contributed by atoms with Crippen LogP contribution in [0.5, 0.6) is 0 Å². The number of amides is 2. The first-order valence-corrected chi connectivity index (χ1v) is 9.22. The second-order valence-electron chi connectivity index (χ2n) is 6.46. The van der Waals surface area contributed by atoms with Crippen LogP contribution in [0.2, 0.25) is 0 Å². The van der Waals surface area contributed by atoms with Crippen molar-refractivity contribution >= 4 is 23.6 Å². The molecule has 122 valence electrons.